The van der Waals surface area contributed by atoms with E-state index in [1.165, 1.54) is 6.42 Å². The molecule has 0 aromatic rings. The van der Waals surface area contributed by atoms with Crippen LogP contribution in [0.15, 0.2) is 12.2 Å². The molecule has 0 amide bonds. The van der Waals surface area contributed by atoms with Gasteiger partial charge in [0.1, 0.15) is 0 Å². The Kier molecular flexibility index (Phi) is 6.41. The van der Waals surface area contributed by atoms with Gasteiger partial charge in [-0.05, 0) is 44.3 Å². The first-order valence-corrected chi connectivity index (χ1v) is 8.67. The van der Waals surface area contributed by atoms with Crippen molar-refractivity contribution in [2.24, 2.45) is 0 Å². The Morgan fingerprint density at radius 3 is 2.62 bits per heavy atom. The van der Waals surface area contributed by atoms with Crippen molar-refractivity contribution in [1.82, 2.24) is 0 Å². The van der Waals surface area contributed by atoms with E-state index in [4.69, 9.17) is 39.2 Å². The van der Waals surface area contributed by atoms with Gasteiger partial charge >= 0.3 is 0 Å². The first-order valence-electron chi connectivity index (χ1n) is 5.55. The topological polar surface area (TPSA) is 9.23 Å². The molecule has 0 aromatic carbocycles. The van der Waals surface area contributed by atoms with E-state index >= 15 is 0 Å². The van der Waals surface area contributed by atoms with Crippen LogP contribution in [0.5, 0.6) is 0 Å². The molecule has 0 heterocycles. The minimum atomic E-state index is -1.29. The predicted molar refractivity (Wildman–Crippen MR) is 75.1 cm³/mol. The van der Waals surface area contributed by atoms with Crippen molar-refractivity contribution in [1.29, 1.82) is 0 Å². The molecule has 0 spiro atoms. The number of rotatable bonds is 2. The standard InChI is InChI=1S/C11H17Cl3OSi/c1-16(9-11(12,13)14)15-10-7-5-3-2-4-6-8-10/h2-3,9-10H,4-8H2,1H3. The zero-order valence-electron chi connectivity index (χ0n) is 9.39. The van der Waals surface area contributed by atoms with Crippen LogP contribution in [0.1, 0.15) is 32.1 Å². The zero-order valence-corrected chi connectivity index (χ0v) is 12.7. The molecule has 1 atom stereocenters. The van der Waals surface area contributed by atoms with Crippen molar-refractivity contribution in [3.63, 3.8) is 0 Å². The van der Waals surface area contributed by atoms with E-state index < -0.39 is 12.4 Å². The molecule has 1 aliphatic carbocycles. The van der Waals surface area contributed by atoms with Crippen molar-refractivity contribution in [2.75, 3.05) is 0 Å². The van der Waals surface area contributed by atoms with E-state index in [2.05, 4.69) is 12.2 Å². The Morgan fingerprint density at radius 1 is 1.25 bits per heavy atom. The van der Waals surface area contributed by atoms with Gasteiger partial charge < -0.3 is 4.43 Å². The molecule has 0 N–H and O–H groups in total. The average molecular weight is 300 g/mol. The summed E-state index contributed by atoms with van der Waals surface area (Å²) in [5, 5.41) is 0. The highest BCUT2D eigenvalue weighted by Crippen LogP contribution is 2.23. The first kappa shape index (κ1) is 14.6. The second-order valence-electron chi connectivity index (χ2n) is 4.02. The Hall–Kier alpha value is 0.497. The third kappa shape index (κ3) is 6.95. The summed E-state index contributed by atoms with van der Waals surface area (Å²) in [7, 11) is -1.12. The lowest BCUT2D eigenvalue weighted by atomic mass is 10.0. The van der Waals surface area contributed by atoms with Gasteiger partial charge in [0, 0.05) is 0 Å². The highest BCUT2D eigenvalue weighted by Gasteiger charge is 2.18. The number of halogens is 3. The van der Waals surface area contributed by atoms with Gasteiger partial charge in [-0.15, -0.1) is 0 Å². The van der Waals surface area contributed by atoms with Gasteiger partial charge in [-0.25, -0.2) is 0 Å². The van der Waals surface area contributed by atoms with Gasteiger partial charge in [0.15, 0.2) is 0 Å². The minimum absolute atomic E-state index is 0.326. The molecule has 1 rings (SSSR count). The van der Waals surface area contributed by atoms with Gasteiger partial charge in [-0.1, -0.05) is 47.0 Å². The zero-order chi connectivity index (χ0) is 12.0. The maximum Gasteiger partial charge on any atom is 0.229 e. The van der Waals surface area contributed by atoms with E-state index in [0.717, 1.165) is 25.7 Å². The Morgan fingerprint density at radius 2 is 1.94 bits per heavy atom. The fraction of sp³-hybridized carbons (Fsp3) is 0.727. The van der Waals surface area contributed by atoms with Crippen molar-refractivity contribution in [3.05, 3.63) is 12.2 Å². The summed E-state index contributed by atoms with van der Waals surface area (Å²) in [5.74, 6) is 0. The molecule has 1 unspecified atom stereocenters. The number of hydrogen-bond donors (Lipinski definition) is 0. The van der Waals surface area contributed by atoms with Gasteiger partial charge in [0.25, 0.3) is 0 Å². The van der Waals surface area contributed by atoms with Crippen molar-refractivity contribution in [3.8, 4) is 0 Å². The summed E-state index contributed by atoms with van der Waals surface area (Å²) in [6.45, 7) is 2.02. The fourth-order valence-electron chi connectivity index (χ4n) is 1.77. The number of allylic oxidation sites excluding steroid dienone is 2. The second kappa shape index (κ2) is 7.05. The van der Waals surface area contributed by atoms with Crippen LogP contribution in [0.4, 0.5) is 0 Å². The summed E-state index contributed by atoms with van der Waals surface area (Å²) in [4.78, 5) is 0. The molecule has 0 saturated carbocycles. The van der Waals surface area contributed by atoms with E-state index in [1.807, 2.05) is 6.55 Å². The van der Waals surface area contributed by atoms with Gasteiger partial charge in [-0.3, -0.25) is 0 Å². The van der Waals surface area contributed by atoms with Crippen LogP contribution >= 0.6 is 34.8 Å². The average Bonchev–Trinajstić information content (AvgIpc) is 2.06. The van der Waals surface area contributed by atoms with Gasteiger partial charge in [0.05, 0.1) is 6.10 Å². The first-order chi connectivity index (χ1) is 7.47. The third-order valence-corrected chi connectivity index (χ3v) is 4.86. The fourth-order valence-corrected chi connectivity index (χ4v) is 4.44. The SMILES string of the molecule is C[Si](=CC(Cl)(Cl)Cl)OC1CCC=CCCC1. The molecule has 5 heteroatoms. The molecular weight excluding hydrogens is 283 g/mol. The molecule has 0 bridgehead atoms. The van der Waals surface area contributed by atoms with Crippen LogP contribution in [0, 0.1) is 0 Å². The maximum absolute atomic E-state index is 5.96. The minimum Gasteiger partial charge on any atom is -0.548 e. The van der Waals surface area contributed by atoms with Crippen LogP contribution in [0.25, 0.3) is 0 Å². The Balaban J connectivity index is 2.46. The molecule has 0 saturated heterocycles. The quantitative estimate of drug-likeness (QED) is 0.420. The smallest absolute Gasteiger partial charge is 0.229 e. The lowest BCUT2D eigenvalue weighted by molar-refractivity contribution is 0.186. The molecule has 1 aliphatic rings. The summed E-state index contributed by atoms with van der Waals surface area (Å²) in [6, 6.07) is 0. The summed E-state index contributed by atoms with van der Waals surface area (Å²) in [6.07, 6.45) is 10.4. The van der Waals surface area contributed by atoms with E-state index in [-0.39, 0.29) is 0 Å². The van der Waals surface area contributed by atoms with E-state index in [1.54, 1.807) is 5.67 Å². The monoisotopic (exact) mass is 298 g/mol. The van der Waals surface area contributed by atoms with Crippen LogP contribution in [0.2, 0.25) is 6.55 Å². The Bertz CT molecular complexity index is 271. The molecular formula is C11H17Cl3OSi. The Labute approximate surface area is 114 Å². The molecule has 92 valence electrons. The number of hydrogen-bond acceptors (Lipinski definition) is 1. The number of alkyl halides is 3. The highest BCUT2D eigenvalue weighted by atomic mass is 35.6. The summed E-state index contributed by atoms with van der Waals surface area (Å²) in [5.41, 5.74) is 1.71. The molecule has 1 nitrogen and oxygen atoms in total. The summed E-state index contributed by atoms with van der Waals surface area (Å²) < 4.78 is 4.67. The van der Waals surface area contributed by atoms with Crippen molar-refractivity contribution in [2.45, 2.75) is 48.5 Å². The van der Waals surface area contributed by atoms with Crippen LogP contribution in [0.3, 0.4) is 0 Å². The second-order valence-corrected chi connectivity index (χ2v) is 8.13. The van der Waals surface area contributed by atoms with Crippen LogP contribution in [-0.2, 0) is 4.43 Å². The lowest BCUT2D eigenvalue weighted by Gasteiger charge is -2.21. The molecule has 0 radical (unpaired) electrons. The molecule has 16 heavy (non-hydrogen) atoms. The largest absolute Gasteiger partial charge is 0.548 e. The molecule has 0 aromatic heterocycles. The predicted octanol–water partition coefficient (Wildman–Crippen LogP) is 4.27. The maximum atomic E-state index is 5.96. The van der Waals surface area contributed by atoms with Crippen molar-refractivity contribution < 1.29 is 4.43 Å². The normalized spacial score (nSPS) is 23.8. The van der Waals surface area contributed by atoms with E-state index in [0.29, 0.717) is 6.10 Å². The molecule has 0 fully saturated rings. The van der Waals surface area contributed by atoms with Gasteiger partial charge in [-0.2, -0.15) is 0 Å². The van der Waals surface area contributed by atoms with Gasteiger partial charge in [0.2, 0.25) is 12.4 Å². The highest BCUT2D eigenvalue weighted by molar-refractivity contribution is 6.82. The lowest BCUT2D eigenvalue weighted by Crippen LogP contribution is -2.23. The molecule has 0 aliphatic heterocycles. The third-order valence-electron chi connectivity index (χ3n) is 2.44. The summed E-state index contributed by atoms with van der Waals surface area (Å²) >= 11 is 17.1. The van der Waals surface area contributed by atoms with E-state index in [9.17, 15) is 0 Å². The van der Waals surface area contributed by atoms with Crippen LogP contribution < -0.4 is 0 Å². The van der Waals surface area contributed by atoms with Crippen molar-refractivity contribution >= 4 is 49.1 Å². The van der Waals surface area contributed by atoms with Crippen LogP contribution in [-0.4, -0.2) is 24.2 Å².